The lowest BCUT2D eigenvalue weighted by atomic mass is 10.0. The number of benzene rings is 4. The molecule has 2 amide bonds. The number of nitrogens with zero attached hydrogens (tertiary/aromatic N) is 1. The quantitative estimate of drug-likeness (QED) is 0.217. The van der Waals surface area contributed by atoms with Crippen LogP contribution in [-0.4, -0.2) is 24.8 Å². The molecule has 0 unspecified atom stereocenters. The van der Waals surface area contributed by atoms with Gasteiger partial charge in [-0.25, -0.2) is 10.2 Å². The average Bonchev–Trinajstić information content (AvgIpc) is 2.93. The zero-order valence-electron chi connectivity index (χ0n) is 20.6. The third-order valence-corrected chi connectivity index (χ3v) is 5.72. The number of fused-ring (bicyclic) bond motifs is 1. The Kier molecular flexibility index (Phi) is 8.86. The molecule has 0 aliphatic rings. The van der Waals surface area contributed by atoms with Gasteiger partial charge in [0.05, 0.1) is 25.3 Å². The molecule has 7 heteroatoms. The first-order chi connectivity index (χ1) is 18.1. The summed E-state index contributed by atoms with van der Waals surface area (Å²) >= 11 is 0. The number of nitrogens with one attached hydrogen (secondary N) is 2. The van der Waals surface area contributed by atoms with Gasteiger partial charge in [-0.05, 0) is 58.7 Å². The van der Waals surface area contributed by atoms with Crippen molar-refractivity contribution in [2.24, 2.45) is 5.10 Å². The zero-order valence-corrected chi connectivity index (χ0v) is 20.6. The van der Waals surface area contributed by atoms with E-state index in [0.717, 1.165) is 22.4 Å². The molecular formula is C30H29N3O4. The SMILES string of the molecule is CCOC(=O)N[C@@H](CC(=O)N/N=C\c1ccc(OCc2cccc3ccccc23)cc1)c1ccccc1. The molecule has 1 atom stereocenters. The fourth-order valence-electron chi connectivity index (χ4n) is 3.89. The van der Waals surface area contributed by atoms with Crippen LogP contribution in [0.3, 0.4) is 0 Å². The van der Waals surface area contributed by atoms with E-state index in [-0.39, 0.29) is 18.9 Å². The van der Waals surface area contributed by atoms with E-state index in [1.165, 1.54) is 10.8 Å². The molecule has 0 heterocycles. The average molecular weight is 496 g/mol. The highest BCUT2D eigenvalue weighted by molar-refractivity contribution is 5.85. The van der Waals surface area contributed by atoms with Crippen LogP contribution in [0.4, 0.5) is 4.79 Å². The largest absolute Gasteiger partial charge is 0.489 e. The number of rotatable bonds is 10. The maximum Gasteiger partial charge on any atom is 0.407 e. The van der Waals surface area contributed by atoms with Gasteiger partial charge in [0.2, 0.25) is 5.91 Å². The van der Waals surface area contributed by atoms with Crippen molar-refractivity contribution in [1.82, 2.24) is 10.7 Å². The highest BCUT2D eigenvalue weighted by Crippen LogP contribution is 2.21. The van der Waals surface area contributed by atoms with Gasteiger partial charge in [-0.2, -0.15) is 5.10 Å². The van der Waals surface area contributed by atoms with E-state index in [4.69, 9.17) is 9.47 Å². The molecule has 37 heavy (non-hydrogen) atoms. The number of carbonyl (C=O) groups excluding carboxylic acids is 2. The summed E-state index contributed by atoms with van der Waals surface area (Å²) in [7, 11) is 0. The highest BCUT2D eigenvalue weighted by Gasteiger charge is 2.18. The number of hydrogen-bond donors (Lipinski definition) is 2. The molecule has 0 bridgehead atoms. The van der Waals surface area contributed by atoms with Gasteiger partial charge in [-0.3, -0.25) is 4.79 Å². The lowest BCUT2D eigenvalue weighted by molar-refractivity contribution is -0.121. The van der Waals surface area contributed by atoms with Crippen molar-refractivity contribution in [3.63, 3.8) is 0 Å². The fraction of sp³-hybridized carbons (Fsp3) is 0.167. The van der Waals surface area contributed by atoms with Crippen LogP contribution in [0, 0.1) is 0 Å². The second-order valence-corrected chi connectivity index (χ2v) is 8.32. The van der Waals surface area contributed by atoms with Crippen molar-refractivity contribution < 1.29 is 19.1 Å². The molecule has 0 fully saturated rings. The van der Waals surface area contributed by atoms with Gasteiger partial charge in [-0.1, -0.05) is 72.8 Å². The number of hydrogen-bond acceptors (Lipinski definition) is 5. The summed E-state index contributed by atoms with van der Waals surface area (Å²) < 4.78 is 10.9. The summed E-state index contributed by atoms with van der Waals surface area (Å²) in [6.07, 6.45) is 1.000. The van der Waals surface area contributed by atoms with Crippen LogP contribution in [0.5, 0.6) is 5.75 Å². The van der Waals surface area contributed by atoms with Crippen LogP contribution in [-0.2, 0) is 16.1 Å². The van der Waals surface area contributed by atoms with Crippen molar-refractivity contribution in [3.8, 4) is 5.75 Å². The molecule has 0 aliphatic carbocycles. The Balaban J connectivity index is 1.30. The van der Waals surface area contributed by atoms with Crippen LogP contribution in [0.2, 0.25) is 0 Å². The lowest BCUT2D eigenvalue weighted by Crippen LogP contribution is -2.33. The number of alkyl carbamates (subject to hydrolysis) is 1. The Morgan fingerprint density at radius 1 is 0.892 bits per heavy atom. The first kappa shape index (κ1) is 25.4. The Bertz CT molecular complexity index is 1350. The summed E-state index contributed by atoms with van der Waals surface area (Å²) in [6.45, 7) is 2.44. The smallest absolute Gasteiger partial charge is 0.407 e. The number of hydrazone groups is 1. The minimum Gasteiger partial charge on any atom is -0.489 e. The maximum absolute atomic E-state index is 12.5. The standard InChI is InChI=1S/C30H29N3O4/c1-2-36-30(35)32-28(24-10-4-3-5-11-24)19-29(34)33-31-20-22-15-17-26(18-16-22)37-21-25-13-8-12-23-9-6-7-14-27(23)25/h3-18,20,28H,2,19,21H2,1H3,(H,32,35)(H,33,34)/b31-20-/t28-/m0/s1. The lowest BCUT2D eigenvalue weighted by Gasteiger charge is -2.18. The van der Waals surface area contributed by atoms with Gasteiger partial charge in [0.1, 0.15) is 12.4 Å². The molecule has 0 saturated carbocycles. The minimum atomic E-state index is -0.574. The Morgan fingerprint density at radius 2 is 1.62 bits per heavy atom. The molecule has 0 spiro atoms. The molecular weight excluding hydrogens is 466 g/mol. The van der Waals surface area contributed by atoms with Crippen molar-refractivity contribution in [3.05, 3.63) is 114 Å². The first-order valence-electron chi connectivity index (χ1n) is 12.1. The number of carbonyl (C=O) groups is 2. The van der Waals surface area contributed by atoms with E-state index in [1.807, 2.05) is 72.8 Å². The molecule has 0 saturated heterocycles. The number of amides is 2. The third kappa shape index (κ3) is 7.41. The van der Waals surface area contributed by atoms with Gasteiger partial charge >= 0.3 is 6.09 Å². The molecule has 4 aromatic carbocycles. The van der Waals surface area contributed by atoms with Crippen molar-refractivity contribution in [2.45, 2.75) is 26.0 Å². The number of ether oxygens (including phenoxy) is 2. The van der Waals surface area contributed by atoms with Gasteiger partial charge in [0.15, 0.2) is 0 Å². The maximum atomic E-state index is 12.5. The van der Waals surface area contributed by atoms with E-state index < -0.39 is 12.1 Å². The Labute approximate surface area is 216 Å². The monoisotopic (exact) mass is 495 g/mol. The molecule has 7 nitrogen and oxygen atoms in total. The highest BCUT2D eigenvalue weighted by atomic mass is 16.5. The molecule has 4 rings (SSSR count). The Morgan fingerprint density at radius 3 is 2.41 bits per heavy atom. The predicted molar refractivity (Wildman–Crippen MR) is 144 cm³/mol. The van der Waals surface area contributed by atoms with E-state index in [2.05, 4.69) is 40.1 Å². The molecule has 0 aliphatic heterocycles. The van der Waals surface area contributed by atoms with Crippen LogP contribution >= 0.6 is 0 Å². The Hall–Kier alpha value is -4.65. The summed E-state index contributed by atoms with van der Waals surface area (Å²) in [5, 5.41) is 9.14. The van der Waals surface area contributed by atoms with E-state index in [0.29, 0.717) is 6.61 Å². The van der Waals surface area contributed by atoms with Crippen LogP contribution in [0.1, 0.15) is 36.1 Å². The van der Waals surface area contributed by atoms with Crippen LogP contribution in [0.25, 0.3) is 10.8 Å². The summed E-state index contributed by atoms with van der Waals surface area (Å²) in [6, 6.07) is 30.6. The molecule has 0 aromatic heterocycles. The van der Waals surface area contributed by atoms with E-state index in [1.54, 1.807) is 13.1 Å². The van der Waals surface area contributed by atoms with Crippen LogP contribution < -0.4 is 15.5 Å². The molecule has 0 radical (unpaired) electrons. The van der Waals surface area contributed by atoms with Crippen molar-refractivity contribution in [1.29, 1.82) is 0 Å². The van der Waals surface area contributed by atoms with E-state index >= 15 is 0 Å². The van der Waals surface area contributed by atoms with Crippen LogP contribution in [0.15, 0.2) is 102 Å². The summed E-state index contributed by atoms with van der Waals surface area (Å²) in [4.78, 5) is 24.4. The normalized spacial score (nSPS) is 11.7. The predicted octanol–water partition coefficient (Wildman–Crippen LogP) is 5.75. The molecule has 4 aromatic rings. The first-order valence-corrected chi connectivity index (χ1v) is 12.1. The zero-order chi connectivity index (χ0) is 25.9. The summed E-state index contributed by atoms with van der Waals surface area (Å²) in [5.41, 5.74) is 5.25. The second-order valence-electron chi connectivity index (χ2n) is 8.32. The van der Waals surface area contributed by atoms with E-state index in [9.17, 15) is 9.59 Å². The van der Waals surface area contributed by atoms with Crippen molar-refractivity contribution >= 4 is 29.0 Å². The minimum absolute atomic E-state index is 0.0150. The van der Waals surface area contributed by atoms with Gasteiger partial charge in [0, 0.05) is 0 Å². The van der Waals surface area contributed by atoms with Gasteiger partial charge in [-0.15, -0.1) is 0 Å². The molecule has 2 N–H and O–H groups in total. The topological polar surface area (TPSA) is 89.0 Å². The fourth-order valence-corrected chi connectivity index (χ4v) is 3.89. The summed E-state index contributed by atoms with van der Waals surface area (Å²) in [5.74, 6) is 0.404. The van der Waals surface area contributed by atoms with Gasteiger partial charge in [0.25, 0.3) is 0 Å². The second kappa shape index (κ2) is 12.9. The van der Waals surface area contributed by atoms with Gasteiger partial charge < -0.3 is 14.8 Å². The third-order valence-electron chi connectivity index (χ3n) is 5.72. The molecule has 188 valence electrons. The van der Waals surface area contributed by atoms with Crippen molar-refractivity contribution in [2.75, 3.05) is 6.61 Å².